The van der Waals surface area contributed by atoms with E-state index >= 15 is 0 Å². The van der Waals surface area contributed by atoms with Crippen molar-refractivity contribution in [1.82, 2.24) is 10.6 Å². The third kappa shape index (κ3) is 6.00. The van der Waals surface area contributed by atoms with Crippen LogP contribution in [0, 0.1) is 0 Å². The first-order valence-electron chi connectivity index (χ1n) is 5.73. The summed E-state index contributed by atoms with van der Waals surface area (Å²) in [5.41, 5.74) is 0.518. The molecule has 0 fully saturated rings. The minimum absolute atomic E-state index is 0.0972. The summed E-state index contributed by atoms with van der Waals surface area (Å²) in [5, 5.41) is 8.89. The molecule has 0 aliphatic rings. The fourth-order valence-corrected chi connectivity index (χ4v) is 1.97. The molecule has 0 bridgehead atoms. The molecule has 0 aromatic heterocycles. The van der Waals surface area contributed by atoms with E-state index in [9.17, 15) is 26.4 Å². The number of benzene rings is 1. The highest BCUT2D eigenvalue weighted by Gasteiger charge is 2.27. The van der Waals surface area contributed by atoms with E-state index in [1.54, 1.807) is 12.2 Å². The van der Waals surface area contributed by atoms with Crippen LogP contribution in [0.2, 0.25) is 0 Å². The number of alkyl halides is 3. The lowest BCUT2D eigenvalue weighted by molar-refractivity contribution is -0.122. The van der Waals surface area contributed by atoms with Crippen LogP contribution in [0.4, 0.5) is 18.0 Å². The minimum Gasteiger partial charge on any atom is -0.332 e. The van der Waals surface area contributed by atoms with Gasteiger partial charge in [-0.25, -0.2) is 18.4 Å². The quantitative estimate of drug-likeness (QED) is 0.776. The van der Waals surface area contributed by atoms with Crippen molar-refractivity contribution in [1.29, 1.82) is 0 Å². The first kappa shape index (κ1) is 17.2. The Hall–Kier alpha value is -1.81. The molecule has 1 atom stereocenters. The summed E-state index contributed by atoms with van der Waals surface area (Å²) in [7, 11) is -3.82. The van der Waals surface area contributed by atoms with Crippen molar-refractivity contribution in [2.24, 2.45) is 5.14 Å². The maximum Gasteiger partial charge on any atom is 0.405 e. The second-order valence-electron chi connectivity index (χ2n) is 4.28. The average molecular weight is 325 g/mol. The number of rotatable bonds is 4. The van der Waals surface area contributed by atoms with Crippen molar-refractivity contribution < 1.29 is 26.4 Å². The molecular weight excluding hydrogens is 311 g/mol. The summed E-state index contributed by atoms with van der Waals surface area (Å²) >= 11 is 0. The molecule has 1 aromatic carbocycles. The highest BCUT2D eigenvalue weighted by Crippen LogP contribution is 2.16. The van der Waals surface area contributed by atoms with Crippen LogP contribution in [0.5, 0.6) is 0 Å². The number of halogens is 3. The largest absolute Gasteiger partial charge is 0.405 e. The normalized spacial score (nSPS) is 13.6. The number of nitrogens with one attached hydrogen (secondary N) is 2. The second kappa shape index (κ2) is 6.31. The Balaban J connectivity index is 2.64. The Labute approximate surface area is 119 Å². The Kier molecular flexibility index (Phi) is 5.18. The van der Waals surface area contributed by atoms with E-state index in [0.717, 1.165) is 0 Å². The number of carbonyl (C=O) groups excluding carboxylic acids is 1. The predicted octanol–water partition coefficient (Wildman–Crippen LogP) is 1.26. The van der Waals surface area contributed by atoms with Crippen LogP contribution in [-0.4, -0.2) is 27.2 Å². The SMILES string of the molecule is C[C@H](NC(=O)NCC(F)(F)F)c1ccc(S(N)(=O)=O)cc1. The molecule has 0 radical (unpaired) electrons. The summed E-state index contributed by atoms with van der Waals surface area (Å²) in [6.45, 7) is 0.106. The van der Waals surface area contributed by atoms with Crippen molar-refractivity contribution in [3.63, 3.8) is 0 Å². The molecule has 0 unspecified atom stereocenters. The van der Waals surface area contributed by atoms with E-state index in [1.807, 2.05) is 0 Å². The van der Waals surface area contributed by atoms with Crippen LogP contribution in [0.3, 0.4) is 0 Å². The molecule has 0 spiro atoms. The third-order valence-corrected chi connectivity index (χ3v) is 3.43. The standard InChI is InChI=1S/C11H14F3N3O3S/c1-7(17-10(18)16-6-11(12,13)14)8-2-4-9(5-3-8)21(15,19)20/h2-5,7H,6H2,1H3,(H2,15,19,20)(H2,16,17,18)/t7-/m0/s1. The van der Waals surface area contributed by atoms with Crippen molar-refractivity contribution in [3.05, 3.63) is 29.8 Å². The highest BCUT2D eigenvalue weighted by molar-refractivity contribution is 7.89. The van der Waals surface area contributed by atoms with Crippen molar-refractivity contribution >= 4 is 16.1 Å². The number of amides is 2. The number of hydrogen-bond donors (Lipinski definition) is 3. The topological polar surface area (TPSA) is 101 Å². The van der Waals surface area contributed by atoms with Crippen molar-refractivity contribution in [2.75, 3.05) is 6.54 Å². The van der Waals surface area contributed by atoms with Gasteiger partial charge >= 0.3 is 12.2 Å². The molecule has 6 nitrogen and oxygen atoms in total. The zero-order valence-electron chi connectivity index (χ0n) is 10.9. The van der Waals surface area contributed by atoms with Gasteiger partial charge in [0.1, 0.15) is 6.54 Å². The van der Waals surface area contributed by atoms with Crippen LogP contribution in [0.1, 0.15) is 18.5 Å². The summed E-state index contributed by atoms with van der Waals surface area (Å²) < 4.78 is 57.9. The van der Waals surface area contributed by atoms with Gasteiger partial charge in [0, 0.05) is 0 Å². The van der Waals surface area contributed by atoms with Crippen LogP contribution in [-0.2, 0) is 10.0 Å². The molecule has 1 aromatic rings. The maximum atomic E-state index is 11.9. The molecule has 0 saturated heterocycles. The zero-order valence-corrected chi connectivity index (χ0v) is 11.8. The van der Waals surface area contributed by atoms with Gasteiger partial charge in [-0.2, -0.15) is 13.2 Å². The number of primary sulfonamides is 1. The highest BCUT2D eigenvalue weighted by atomic mass is 32.2. The van der Waals surface area contributed by atoms with Gasteiger partial charge in [-0.05, 0) is 24.6 Å². The van der Waals surface area contributed by atoms with Gasteiger partial charge in [0.05, 0.1) is 10.9 Å². The number of nitrogens with two attached hydrogens (primary N) is 1. The molecule has 2 amide bonds. The number of sulfonamides is 1. The van der Waals surface area contributed by atoms with E-state index in [-0.39, 0.29) is 4.90 Å². The van der Waals surface area contributed by atoms with Crippen LogP contribution >= 0.6 is 0 Å². The van der Waals surface area contributed by atoms with E-state index in [1.165, 1.54) is 24.3 Å². The summed E-state index contributed by atoms with van der Waals surface area (Å²) in [6.07, 6.45) is -4.49. The molecule has 4 N–H and O–H groups in total. The lowest BCUT2D eigenvalue weighted by Gasteiger charge is -2.16. The van der Waals surface area contributed by atoms with Crippen molar-refractivity contribution in [3.8, 4) is 0 Å². The summed E-state index contributed by atoms with van der Waals surface area (Å²) in [5.74, 6) is 0. The molecular formula is C11H14F3N3O3S. The molecule has 0 saturated carbocycles. The van der Waals surface area contributed by atoms with Gasteiger partial charge < -0.3 is 10.6 Å². The van der Waals surface area contributed by atoms with E-state index in [4.69, 9.17) is 5.14 Å². The Morgan fingerprint density at radius 3 is 2.24 bits per heavy atom. The molecule has 118 valence electrons. The molecule has 1 rings (SSSR count). The van der Waals surface area contributed by atoms with Crippen LogP contribution < -0.4 is 15.8 Å². The monoisotopic (exact) mass is 325 g/mol. The minimum atomic E-state index is -4.49. The van der Waals surface area contributed by atoms with Gasteiger partial charge in [0.15, 0.2) is 0 Å². The molecule has 10 heteroatoms. The Bertz CT molecular complexity index is 599. The predicted molar refractivity (Wildman–Crippen MR) is 68.8 cm³/mol. The van der Waals surface area contributed by atoms with Gasteiger partial charge in [-0.3, -0.25) is 0 Å². The van der Waals surface area contributed by atoms with E-state index in [2.05, 4.69) is 5.32 Å². The Morgan fingerprint density at radius 2 is 1.81 bits per heavy atom. The Morgan fingerprint density at radius 1 is 1.29 bits per heavy atom. The van der Waals surface area contributed by atoms with Crippen LogP contribution in [0.25, 0.3) is 0 Å². The van der Waals surface area contributed by atoms with Crippen molar-refractivity contribution in [2.45, 2.75) is 24.0 Å². The fourth-order valence-electron chi connectivity index (χ4n) is 1.46. The third-order valence-electron chi connectivity index (χ3n) is 2.51. The van der Waals surface area contributed by atoms with Gasteiger partial charge in [-0.15, -0.1) is 0 Å². The smallest absolute Gasteiger partial charge is 0.332 e. The number of hydrogen-bond acceptors (Lipinski definition) is 3. The van der Waals surface area contributed by atoms with E-state index in [0.29, 0.717) is 5.56 Å². The second-order valence-corrected chi connectivity index (χ2v) is 5.84. The lowest BCUT2D eigenvalue weighted by atomic mass is 10.1. The van der Waals surface area contributed by atoms with Crippen LogP contribution in [0.15, 0.2) is 29.2 Å². The number of carbonyl (C=O) groups is 1. The molecule has 21 heavy (non-hydrogen) atoms. The first-order valence-corrected chi connectivity index (χ1v) is 7.27. The molecule has 0 heterocycles. The first-order chi connectivity index (χ1) is 9.49. The van der Waals surface area contributed by atoms with Gasteiger partial charge in [0.25, 0.3) is 0 Å². The average Bonchev–Trinajstić information content (AvgIpc) is 2.34. The summed E-state index contributed by atoms with van der Waals surface area (Å²) in [4.78, 5) is 11.2. The molecule has 0 aliphatic heterocycles. The van der Waals surface area contributed by atoms with Gasteiger partial charge in [-0.1, -0.05) is 12.1 Å². The number of urea groups is 1. The maximum absolute atomic E-state index is 11.9. The zero-order chi connectivity index (χ0) is 16.3. The lowest BCUT2D eigenvalue weighted by Crippen LogP contribution is -2.41. The fraction of sp³-hybridized carbons (Fsp3) is 0.364. The van der Waals surface area contributed by atoms with Gasteiger partial charge in [0.2, 0.25) is 10.0 Å². The summed E-state index contributed by atoms with van der Waals surface area (Å²) in [6, 6.07) is 3.73. The molecule has 0 aliphatic carbocycles. The van der Waals surface area contributed by atoms with E-state index < -0.39 is 34.8 Å².